The Balaban J connectivity index is 0.00000220. The molecule has 0 bridgehead atoms. The fourth-order valence-electron chi connectivity index (χ4n) is 2.02. The Morgan fingerprint density at radius 2 is 1.86 bits per heavy atom. The molecule has 1 saturated heterocycles. The molecule has 0 amide bonds. The molecule has 0 unspecified atom stereocenters. The lowest BCUT2D eigenvalue weighted by Gasteiger charge is -2.25. The van der Waals surface area contributed by atoms with E-state index < -0.39 is 0 Å². The molecule has 0 spiro atoms. The van der Waals surface area contributed by atoms with Gasteiger partial charge in [0.05, 0.1) is 13.2 Å². The van der Waals surface area contributed by atoms with Crippen LogP contribution in [-0.4, -0.2) is 43.5 Å². The predicted octanol–water partition coefficient (Wildman–Crippen LogP) is 3.72. The van der Waals surface area contributed by atoms with Crippen LogP contribution in [0.1, 0.15) is 12.0 Å². The zero-order chi connectivity index (χ0) is 14.4. The number of nitrogens with zero attached hydrogens (tertiary/aromatic N) is 1. The van der Waals surface area contributed by atoms with Gasteiger partial charge in [-0.25, -0.2) is 0 Å². The van der Waals surface area contributed by atoms with Crippen molar-refractivity contribution in [2.24, 2.45) is 0 Å². The van der Waals surface area contributed by atoms with Crippen LogP contribution >= 0.6 is 35.6 Å². The molecule has 1 aliphatic heterocycles. The van der Waals surface area contributed by atoms with Crippen molar-refractivity contribution in [3.05, 3.63) is 39.9 Å². The summed E-state index contributed by atoms with van der Waals surface area (Å²) in [7, 11) is 0. The van der Waals surface area contributed by atoms with Gasteiger partial charge < -0.3 is 4.74 Å². The molecule has 116 valence electrons. The van der Waals surface area contributed by atoms with E-state index in [2.05, 4.69) is 4.90 Å². The number of ether oxygens (including phenoxy) is 1. The maximum Gasteiger partial charge on any atom is 0.156 e. The molecule has 0 radical (unpaired) electrons. The van der Waals surface area contributed by atoms with Crippen LogP contribution in [0.4, 0.5) is 0 Å². The first-order chi connectivity index (χ1) is 9.66. The number of allylic oxidation sites excluding steroid dienone is 1. The molecule has 1 aliphatic rings. The lowest BCUT2D eigenvalue weighted by atomic mass is 10.1. The van der Waals surface area contributed by atoms with Crippen LogP contribution in [0.2, 0.25) is 10.0 Å². The fraction of sp³-hybridized carbons (Fsp3) is 0.400. The van der Waals surface area contributed by atoms with Gasteiger partial charge in [-0.1, -0.05) is 29.3 Å². The average molecular weight is 351 g/mol. The molecule has 0 saturated carbocycles. The van der Waals surface area contributed by atoms with E-state index in [1.165, 1.54) is 0 Å². The molecule has 21 heavy (non-hydrogen) atoms. The van der Waals surface area contributed by atoms with Gasteiger partial charge in [0.1, 0.15) is 0 Å². The highest BCUT2D eigenvalue weighted by Gasteiger charge is 2.11. The number of morpholine rings is 1. The minimum atomic E-state index is 0. The summed E-state index contributed by atoms with van der Waals surface area (Å²) in [6, 6.07) is 5.29. The van der Waals surface area contributed by atoms with E-state index in [1.54, 1.807) is 30.4 Å². The van der Waals surface area contributed by atoms with E-state index in [9.17, 15) is 4.79 Å². The van der Waals surface area contributed by atoms with Crippen molar-refractivity contribution in [1.82, 2.24) is 4.90 Å². The van der Waals surface area contributed by atoms with Gasteiger partial charge in [0.15, 0.2) is 5.78 Å². The zero-order valence-electron chi connectivity index (χ0n) is 11.6. The van der Waals surface area contributed by atoms with Crippen molar-refractivity contribution >= 4 is 47.5 Å². The Kier molecular flexibility index (Phi) is 8.30. The van der Waals surface area contributed by atoms with Gasteiger partial charge in [-0.15, -0.1) is 12.4 Å². The van der Waals surface area contributed by atoms with Crippen molar-refractivity contribution in [3.8, 4) is 0 Å². The van der Waals surface area contributed by atoms with Crippen LogP contribution < -0.4 is 0 Å². The minimum absolute atomic E-state index is 0. The van der Waals surface area contributed by atoms with Crippen molar-refractivity contribution < 1.29 is 9.53 Å². The fourth-order valence-corrected chi connectivity index (χ4v) is 2.55. The van der Waals surface area contributed by atoms with Crippen molar-refractivity contribution in [1.29, 1.82) is 0 Å². The molecule has 6 heteroatoms. The second-order valence-electron chi connectivity index (χ2n) is 4.64. The number of carbonyl (C=O) groups excluding carboxylic acids is 1. The van der Waals surface area contributed by atoms with E-state index in [4.69, 9.17) is 27.9 Å². The van der Waals surface area contributed by atoms with E-state index >= 15 is 0 Å². The average Bonchev–Trinajstić information content (AvgIpc) is 2.46. The van der Waals surface area contributed by atoms with Gasteiger partial charge in [-0.2, -0.15) is 0 Å². The summed E-state index contributed by atoms with van der Waals surface area (Å²) in [6.45, 7) is 4.06. The maximum atomic E-state index is 11.9. The standard InChI is InChI=1S/C15H17Cl2NO2.ClH/c16-14-2-1-3-15(17)13(14)5-4-12(19)6-7-18-8-10-20-11-9-18;/h1-5H,6-11H2;1H/b5-4+;. The molecule has 0 aromatic heterocycles. The number of halogens is 3. The first kappa shape index (κ1) is 18.5. The molecule has 0 aliphatic carbocycles. The Morgan fingerprint density at radius 1 is 1.24 bits per heavy atom. The number of carbonyl (C=O) groups is 1. The molecular weight excluding hydrogens is 333 g/mol. The van der Waals surface area contributed by atoms with Gasteiger partial charge in [0, 0.05) is 41.7 Å². The van der Waals surface area contributed by atoms with Gasteiger partial charge in [0.2, 0.25) is 0 Å². The largest absolute Gasteiger partial charge is 0.379 e. The summed E-state index contributed by atoms with van der Waals surface area (Å²) < 4.78 is 5.27. The smallest absolute Gasteiger partial charge is 0.156 e. The van der Waals surface area contributed by atoms with Crippen molar-refractivity contribution in [2.45, 2.75) is 6.42 Å². The predicted molar refractivity (Wildman–Crippen MR) is 89.6 cm³/mol. The van der Waals surface area contributed by atoms with E-state index in [0.717, 1.165) is 32.8 Å². The summed E-state index contributed by atoms with van der Waals surface area (Å²) >= 11 is 12.1. The number of hydrogen-bond acceptors (Lipinski definition) is 3. The highest BCUT2D eigenvalue weighted by atomic mass is 35.5. The molecule has 1 heterocycles. The second-order valence-corrected chi connectivity index (χ2v) is 5.45. The second kappa shape index (κ2) is 9.44. The molecule has 3 nitrogen and oxygen atoms in total. The molecule has 1 aromatic rings. The number of ketones is 1. The van der Waals surface area contributed by atoms with Gasteiger partial charge in [-0.3, -0.25) is 9.69 Å². The van der Waals surface area contributed by atoms with Crippen LogP contribution in [0.5, 0.6) is 0 Å². The van der Waals surface area contributed by atoms with Crippen molar-refractivity contribution in [3.63, 3.8) is 0 Å². The summed E-state index contributed by atoms with van der Waals surface area (Å²) in [5, 5.41) is 1.10. The summed E-state index contributed by atoms with van der Waals surface area (Å²) in [5.41, 5.74) is 0.690. The van der Waals surface area contributed by atoms with Crippen LogP contribution in [-0.2, 0) is 9.53 Å². The topological polar surface area (TPSA) is 29.5 Å². The number of hydrogen-bond donors (Lipinski definition) is 0. The van der Waals surface area contributed by atoms with Gasteiger partial charge in [-0.05, 0) is 24.3 Å². The van der Waals surface area contributed by atoms with E-state index in [1.807, 2.05) is 0 Å². The molecule has 1 fully saturated rings. The lowest BCUT2D eigenvalue weighted by Crippen LogP contribution is -2.37. The van der Waals surface area contributed by atoms with E-state index in [0.29, 0.717) is 22.0 Å². The van der Waals surface area contributed by atoms with Crippen LogP contribution in [0.15, 0.2) is 24.3 Å². The molecule has 1 aromatic carbocycles. The summed E-state index contributed by atoms with van der Waals surface area (Å²) in [6.07, 6.45) is 3.73. The SMILES string of the molecule is Cl.O=C(/C=C/c1c(Cl)cccc1Cl)CCN1CCOCC1. The highest BCUT2D eigenvalue weighted by molar-refractivity contribution is 6.37. The minimum Gasteiger partial charge on any atom is -0.379 e. The normalized spacial score (nSPS) is 15.9. The summed E-state index contributed by atoms with van der Waals surface area (Å²) in [5.74, 6) is 0.0764. The first-order valence-electron chi connectivity index (χ1n) is 6.62. The monoisotopic (exact) mass is 349 g/mol. The molecule has 0 N–H and O–H groups in total. The quantitative estimate of drug-likeness (QED) is 0.758. The third-order valence-corrected chi connectivity index (χ3v) is 3.87. The Bertz CT molecular complexity index is 479. The summed E-state index contributed by atoms with van der Waals surface area (Å²) in [4.78, 5) is 14.1. The zero-order valence-corrected chi connectivity index (χ0v) is 13.9. The Hall–Kier alpha value is -0.580. The molecule has 2 rings (SSSR count). The third kappa shape index (κ3) is 5.97. The van der Waals surface area contributed by atoms with Crippen LogP contribution in [0.3, 0.4) is 0 Å². The van der Waals surface area contributed by atoms with E-state index in [-0.39, 0.29) is 18.2 Å². The van der Waals surface area contributed by atoms with Crippen molar-refractivity contribution in [2.75, 3.05) is 32.8 Å². The van der Waals surface area contributed by atoms with Gasteiger partial charge >= 0.3 is 0 Å². The van der Waals surface area contributed by atoms with Crippen LogP contribution in [0.25, 0.3) is 6.08 Å². The third-order valence-electron chi connectivity index (χ3n) is 3.21. The number of benzene rings is 1. The molecular formula is C15H18Cl3NO2. The molecule has 0 atom stereocenters. The van der Waals surface area contributed by atoms with Crippen LogP contribution in [0, 0.1) is 0 Å². The lowest BCUT2D eigenvalue weighted by molar-refractivity contribution is -0.115. The maximum absolute atomic E-state index is 11.9. The Morgan fingerprint density at radius 3 is 2.48 bits per heavy atom. The number of rotatable bonds is 5. The Labute approximate surface area is 141 Å². The van der Waals surface area contributed by atoms with Gasteiger partial charge in [0.25, 0.3) is 0 Å². The first-order valence-corrected chi connectivity index (χ1v) is 7.37. The highest BCUT2D eigenvalue weighted by Crippen LogP contribution is 2.25.